The second-order valence-electron chi connectivity index (χ2n) is 4.77. The molecular weight excluding hydrogens is 280 g/mol. The lowest BCUT2D eigenvalue weighted by atomic mass is 10.1. The number of rotatable bonds is 8. The lowest BCUT2D eigenvalue weighted by Gasteiger charge is -2.14. The van der Waals surface area contributed by atoms with Crippen LogP contribution in [0.4, 0.5) is 0 Å². The summed E-state index contributed by atoms with van der Waals surface area (Å²) in [7, 11) is 4.89. The van der Waals surface area contributed by atoms with Gasteiger partial charge in [-0.2, -0.15) is 0 Å². The van der Waals surface area contributed by atoms with Crippen LogP contribution < -0.4 is 19.5 Å². The van der Waals surface area contributed by atoms with Crippen LogP contribution in [0.25, 0.3) is 0 Å². The minimum atomic E-state index is 0.664. The van der Waals surface area contributed by atoms with Crippen molar-refractivity contribution in [2.75, 3.05) is 27.9 Å². The Morgan fingerprint density at radius 2 is 1.68 bits per heavy atom. The molecule has 22 heavy (non-hydrogen) atoms. The average molecular weight is 302 g/mol. The van der Waals surface area contributed by atoms with Crippen LogP contribution in [-0.2, 0) is 13.0 Å². The fourth-order valence-electron chi connectivity index (χ4n) is 2.22. The Hall–Kier alpha value is -2.27. The maximum absolute atomic E-state index is 5.41. The minimum Gasteiger partial charge on any atom is -0.496 e. The minimum absolute atomic E-state index is 0.664. The first-order chi connectivity index (χ1) is 10.8. The van der Waals surface area contributed by atoms with Crippen molar-refractivity contribution in [2.45, 2.75) is 13.0 Å². The van der Waals surface area contributed by atoms with Crippen LogP contribution in [-0.4, -0.2) is 32.9 Å². The summed E-state index contributed by atoms with van der Waals surface area (Å²) in [6, 6.07) is 9.73. The first-order valence-corrected chi connectivity index (χ1v) is 7.18. The highest BCUT2D eigenvalue weighted by Gasteiger charge is 2.11. The van der Waals surface area contributed by atoms with Crippen LogP contribution >= 0.6 is 0 Å². The van der Waals surface area contributed by atoms with Gasteiger partial charge in [0, 0.05) is 43.0 Å². The molecule has 0 spiro atoms. The Kier molecular flexibility index (Phi) is 6.03. The van der Waals surface area contributed by atoms with E-state index >= 15 is 0 Å². The zero-order chi connectivity index (χ0) is 15.8. The molecule has 0 aliphatic rings. The number of hydrogen-bond acceptors (Lipinski definition) is 5. The van der Waals surface area contributed by atoms with Gasteiger partial charge in [-0.25, -0.2) is 0 Å². The van der Waals surface area contributed by atoms with Crippen LogP contribution in [0.15, 0.2) is 36.5 Å². The van der Waals surface area contributed by atoms with E-state index in [1.165, 1.54) is 0 Å². The average Bonchev–Trinajstić information content (AvgIpc) is 2.58. The predicted octanol–water partition coefficient (Wildman–Crippen LogP) is 2.44. The molecule has 1 heterocycles. The first-order valence-electron chi connectivity index (χ1n) is 7.18. The Bertz CT molecular complexity index is 588. The van der Waals surface area contributed by atoms with Gasteiger partial charge < -0.3 is 19.5 Å². The molecule has 2 rings (SSSR count). The zero-order valence-electron chi connectivity index (χ0n) is 13.3. The molecule has 0 bridgehead atoms. The SMILES string of the molecule is COc1cc(OC)c(OC)cc1CNCCc1ccccn1. The summed E-state index contributed by atoms with van der Waals surface area (Å²) in [5, 5.41) is 3.40. The molecule has 0 atom stereocenters. The largest absolute Gasteiger partial charge is 0.496 e. The van der Waals surface area contributed by atoms with Gasteiger partial charge in [0.15, 0.2) is 11.5 Å². The van der Waals surface area contributed by atoms with Crippen LogP contribution in [0.2, 0.25) is 0 Å². The molecular formula is C17H22N2O3. The molecule has 5 nitrogen and oxygen atoms in total. The van der Waals surface area contributed by atoms with Crippen molar-refractivity contribution >= 4 is 0 Å². The van der Waals surface area contributed by atoms with Crippen molar-refractivity contribution in [1.82, 2.24) is 10.3 Å². The van der Waals surface area contributed by atoms with Gasteiger partial charge in [-0.1, -0.05) is 6.07 Å². The molecule has 1 aromatic carbocycles. The molecule has 0 radical (unpaired) electrons. The van der Waals surface area contributed by atoms with Gasteiger partial charge in [-0.3, -0.25) is 4.98 Å². The number of hydrogen-bond donors (Lipinski definition) is 1. The van der Waals surface area contributed by atoms with Crippen molar-refractivity contribution in [3.8, 4) is 17.2 Å². The molecule has 0 saturated heterocycles. The van der Waals surface area contributed by atoms with Gasteiger partial charge in [-0.15, -0.1) is 0 Å². The van der Waals surface area contributed by atoms with Crippen LogP contribution in [0.5, 0.6) is 17.2 Å². The molecule has 5 heteroatoms. The number of ether oxygens (including phenoxy) is 3. The van der Waals surface area contributed by atoms with Crippen molar-refractivity contribution in [2.24, 2.45) is 0 Å². The summed E-state index contributed by atoms with van der Waals surface area (Å²) in [6.45, 7) is 1.53. The Morgan fingerprint density at radius 1 is 0.955 bits per heavy atom. The summed E-state index contributed by atoms with van der Waals surface area (Å²) >= 11 is 0. The molecule has 0 amide bonds. The smallest absolute Gasteiger partial charge is 0.164 e. The molecule has 0 aliphatic heterocycles. The molecule has 0 saturated carbocycles. The number of methoxy groups -OCH3 is 3. The third-order valence-corrected chi connectivity index (χ3v) is 3.39. The topological polar surface area (TPSA) is 52.6 Å². The number of aromatic nitrogens is 1. The Balaban J connectivity index is 1.96. The monoisotopic (exact) mass is 302 g/mol. The second-order valence-corrected chi connectivity index (χ2v) is 4.77. The van der Waals surface area contributed by atoms with E-state index < -0.39 is 0 Å². The van der Waals surface area contributed by atoms with Crippen molar-refractivity contribution < 1.29 is 14.2 Å². The van der Waals surface area contributed by atoms with Crippen molar-refractivity contribution in [3.63, 3.8) is 0 Å². The van der Waals surface area contributed by atoms with Gasteiger partial charge in [0.2, 0.25) is 0 Å². The van der Waals surface area contributed by atoms with E-state index in [0.29, 0.717) is 18.0 Å². The number of benzene rings is 1. The highest BCUT2D eigenvalue weighted by molar-refractivity contribution is 5.50. The molecule has 0 fully saturated rings. The van der Waals surface area contributed by atoms with Gasteiger partial charge in [-0.05, 0) is 18.2 Å². The highest BCUT2D eigenvalue weighted by Crippen LogP contribution is 2.34. The van der Waals surface area contributed by atoms with Gasteiger partial charge in [0.05, 0.1) is 21.3 Å². The van der Waals surface area contributed by atoms with E-state index in [0.717, 1.165) is 30.0 Å². The normalized spacial score (nSPS) is 10.3. The molecule has 0 aliphatic carbocycles. The zero-order valence-corrected chi connectivity index (χ0v) is 13.3. The molecule has 1 N–H and O–H groups in total. The van der Waals surface area contributed by atoms with E-state index in [4.69, 9.17) is 14.2 Å². The lowest BCUT2D eigenvalue weighted by Crippen LogP contribution is -2.17. The standard InChI is InChI=1S/C17H22N2O3/c1-20-15-11-17(22-3)16(21-2)10-13(15)12-18-9-7-14-6-4-5-8-19-14/h4-6,8,10-11,18H,7,9,12H2,1-3H3. The van der Waals surface area contributed by atoms with Gasteiger partial charge in [0.25, 0.3) is 0 Å². The second kappa shape index (κ2) is 8.24. The third-order valence-electron chi connectivity index (χ3n) is 3.39. The Morgan fingerprint density at radius 3 is 2.32 bits per heavy atom. The number of pyridine rings is 1. The molecule has 118 valence electrons. The van der Waals surface area contributed by atoms with Gasteiger partial charge >= 0.3 is 0 Å². The van der Waals surface area contributed by atoms with Crippen LogP contribution in [0.1, 0.15) is 11.3 Å². The third kappa shape index (κ3) is 4.11. The van der Waals surface area contributed by atoms with Crippen molar-refractivity contribution in [1.29, 1.82) is 0 Å². The quantitative estimate of drug-likeness (QED) is 0.759. The predicted molar refractivity (Wildman–Crippen MR) is 85.7 cm³/mol. The summed E-state index contributed by atoms with van der Waals surface area (Å²) in [5.74, 6) is 2.14. The van der Waals surface area contributed by atoms with E-state index in [1.807, 2.05) is 36.5 Å². The van der Waals surface area contributed by atoms with Crippen LogP contribution in [0.3, 0.4) is 0 Å². The maximum atomic E-state index is 5.41. The lowest BCUT2D eigenvalue weighted by molar-refractivity contribution is 0.347. The summed E-state index contributed by atoms with van der Waals surface area (Å²) in [5.41, 5.74) is 2.11. The summed E-state index contributed by atoms with van der Waals surface area (Å²) in [4.78, 5) is 4.31. The first kappa shape index (κ1) is 16.1. The highest BCUT2D eigenvalue weighted by atomic mass is 16.5. The maximum Gasteiger partial charge on any atom is 0.164 e. The summed E-state index contributed by atoms with van der Waals surface area (Å²) < 4.78 is 16.0. The molecule has 2 aromatic rings. The number of nitrogens with one attached hydrogen (secondary N) is 1. The van der Waals surface area contributed by atoms with E-state index in [-0.39, 0.29) is 0 Å². The fraction of sp³-hybridized carbons (Fsp3) is 0.353. The summed E-state index contributed by atoms with van der Waals surface area (Å²) in [6.07, 6.45) is 2.70. The van der Waals surface area contributed by atoms with Crippen LogP contribution in [0, 0.1) is 0 Å². The van der Waals surface area contributed by atoms with E-state index in [2.05, 4.69) is 10.3 Å². The molecule has 1 aromatic heterocycles. The van der Waals surface area contributed by atoms with Crippen molar-refractivity contribution in [3.05, 3.63) is 47.8 Å². The van der Waals surface area contributed by atoms with Gasteiger partial charge in [0.1, 0.15) is 5.75 Å². The fourth-order valence-corrected chi connectivity index (χ4v) is 2.22. The van der Waals surface area contributed by atoms with E-state index in [1.54, 1.807) is 21.3 Å². The van der Waals surface area contributed by atoms with E-state index in [9.17, 15) is 0 Å². The number of nitrogens with zero attached hydrogens (tertiary/aromatic N) is 1. The molecule has 0 unspecified atom stereocenters. The Labute approximate surface area is 131 Å².